The third-order valence-electron chi connectivity index (χ3n) is 2.52. The van der Waals surface area contributed by atoms with Crippen LogP contribution in [-0.2, 0) is 11.2 Å². The lowest BCUT2D eigenvalue weighted by molar-refractivity contribution is -0.120. The number of hydrogen-bond donors (Lipinski definition) is 2. The van der Waals surface area contributed by atoms with Crippen LogP contribution in [0.4, 0.5) is 5.69 Å². The maximum atomic E-state index is 11.0. The zero-order chi connectivity index (χ0) is 11.8. The molecular weight excluding hydrogens is 200 g/mol. The molecule has 0 aromatic heterocycles. The Balaban J connectivity index is 2.28. The van der Waals surface area contributed by atoms with Crippen LogP contribution in [0.3, 0.4) is 0 Å². The Hall–Kier alpha value is -1.51. The first-order valence-corrected chi connectivity index (χ1v) is 5.79. The second kappa shape index (κ2) is 6.88. The van der Waals surface area contributed by atoms with Gasteiger partial charge in [-0.1, -0.05) is 19.1 Å². The lowest BCUT2D eigenvalue weighted by Crippen LogP contribution is -2.18. The molecule has 1 aromatic rings. The SMILES string of the molecule is CCc1cccc(NCCCC(=O)NC)c1. The fourth-order valence-electron chi connectivity index (χ4n) is 1.51. The Labute approximate surface area is 97.2 Å². The van der Waals surface area contributed by atoms with Gasteiger partial charge in [-0.25, -0.2) is 0 Å². The molecule has 1 amide bonds. The molecule has 0 bridgehead atoms. The number of amides is 1. The van der Waals surface area contributed by atoms with Crippen molar-refractivity contribution in [2.24, 2.45) is 0 Å². The van der Waals surface area contributed by atoms with Crippen LogP contribution in [0.15, 0.2) is 24.3 Å². The first-order valence-electron chi connectivity index (χ1n) is 5.79. The van der Waals surface area contributed by atoms with Crippen LogP contribution < -0.4 is 10.6 Å². The average Bonchev–Trinajstić information content (AvgIpc) is 2.34. The highest BCUT2D eigenvalue weighted by Crippen LogP contribution is 2.10. The average molecular weight is 220 g/mol. The predicted molar refractivity (Wildman–Crippen MR) is 67.6 cm³/mol. The first kappa shape index (κ1) is 12.6. The van der Waals surface area contributed by atoms with E-state index in [4.69, 9.17) is 0 Å². The Morgan fingerprint density at radius 1 is 1.38 bits per heavy atom. The van der Waals surface area contributed by atoms with Crippen LogP contribution in [-0.4, -0.2) is 19.5 Å². The van der Waals surface area contributed by atoms with Gasteiger partial charge in [0.05, 0.1) is 0 Å². The van der Waals surface area contributed by atoms with Crippen molar-refractivity contribution in [2.45, 2.75) is 26.2 Å². The van der Waals surface area contributed by atoms with E-state index in [1.165, 1.54) is 5.56 Å². The van der Waals surface area contributed by atoms with Crippen LogP contribution in [0.1, 0.15) is 25.3 Å². The van der Waals surface area contributed by atoms with E-state index < -0.39 is 0 Å². The molecule has 0 unspecified atom stereocenters. The molecule has 0 spiro atoms. The van der Waals surface area contributed by atoms with Gasteiger partial charge in [-0.05, 0) is 30.5 Å². The number of benzene rings is 1. The molecule has 0 saturated carbocycles. The second-order valence-electron chi connectivity index (χ2n) is 3.76. The summed E-state index contributed by atoms with van der Waals surface area (Å²) in [4.78, 5) is 11.0. The summed E-state index contributed by atoms with van der Waals surface area (Å²) >= 11 is 0. The van der Waals surface area contributed by atoms with Crippen LogP contribution in [0.5, 0.6) is 0 Å². The molecule has 0 saturated heterocycles. The molecule has 0 aliphatic heterocycles. The maximum absolute atomic E-state index is 11.0. The van der Waals surface area contributed by atoms with Gasteiger partial charge in [0.1, 0.15) is 0 Å². The molecule has 0 aliphatic rings. The standard InChI is InChI=1S/C13H20N2O/c1-3-11-6-4-7-12(10-11)15-9-5-8-13(16)14-2/h4,6-7,10,15H,3,5,8-9H2,1-2H3,(H,14,16). The van der Waals surface area contributed by atoms with Gasteiger partial charge in [-0.2, -0.15) is 0 Å². The van der Waals surface area contributed by atoms with E-state index in [1.54, 1.807) is 7.05 Å². The second-order valence-corrected chi connectivity index (χ2v) is 3.76. The normalized spacial score (nSPS) is 9.88. The molecule has 0 heterocycles. The van der Waals surface area contributed by atoms with Crippen molar-refractivity contribution in [3.05, 3.63) is 29.8 Å². The summed E-state index contributed by atoms with van der Waals surface area (Å²) in [6, 6.07) is 8.38. The molecule has 3 heteroatoms. The number of hydrogen-bond acceptors (Lipinski definition) is 2. The van der Waals surface area contributed by atoms with Crippen molar-refractivity contribution in [3.8, 4) is 0 Å². The monoisotopic (exact) mass is 220 g/mol. The van der Waals surface area contributed by atoms with Crippen LogP contribution in [0, 0.1) is 0 Å². The zero-order valence-electron chi connectivity index (χ0n) is 10.0. The molecule has 3 nitrogen and oxygen atoms in total. The van der Waals surface area contributed by atoms with E-state index in [0.29, 0.717) is 6.42 Å². The summed E-state index contributed by atoms with van der Waals surface area (Å²) in [5.41, 5.74) is 2.47. The molecule has 1 aromatic carbocycles. The third-order valence-corrected chi connectivity index (χ3v) is 2.52. The number of anilines is 1. The van der Waals surface area contributed by atoms with E-state index in [-0.39, 0.29) is 5.91 Å². The van der Waals surface area contributed by atoms with Gasteiger partial charge < -0.3 is 10.6 Å². The lowest BCUT2D eigenvalue weighted by Gasteiger charge is -2.07. The molecular formula is C13H20N2O. The molecule has 0 aliphatic carbocycles. The van der Waals surface area contributed by atoms with Crippen LogP contribution >= 0.6 is 0 Å². The topological polar surface area (TPSA) is 41.1 Å². The molecule has 88 valence electrons. The van der Waals surface area contributed by atoms with Crippen molar-refractivity contribution >= 4 is 11.6 Å². The minimum atomic E-state index is 0.101. The van der Waals surface area contributed by atoms with Gasteiger partial charge in [0.25, 0.3) is 0 Å². The van der Waals surface area contributed by atoms with Crippen LogP contribution in [0.25, 0.3) is 0 Å². The van der Waals surface area contributed by atoms with Gasteiger partial charge in [-0.15, -0.1) is 0 Å². The largest absolute Gasteiger partial charge is 0.385 e. The molecule has 0 radical (unpaired) electrons. The van der Waals surface area contributed by atoms with Crippen molar-refractivity contribution < 1.29 is 4.79 Å². The zero-order valence-corrected chi connectivity index (χ0v) is 10.0. The molecule has 0 atom stereocenters. The maximum Gasteiger partial charge on any atom is 0.219 e. The van der Waals surface area contributed by atoms with Gasteiger partial charge in [0, 0.05) is 25.7 Å². The number of carbonyl (C=O) groups is 1. The fraction of sp³-hybridized carbons (Fsp3) is 0.462. The molecule has 1 rings (SSSR count). The highest BCUT2D eigenvalue weighted by Gasteiger charge is 1.97. The van der Waals surface area contributed by atoms with Crippen LogP contribution in [0.2, 0.25) is 0 Å². The number of rotatable bonds is 6. The Kier molecular flexibility index (Phi) is 5.40. The number of aryl methyl sites for hydroxylation is 1. The van der Waals surface area contributed by atoms with E-state index in [0.717, 1.165) is 25.1 Å². The van der Waals surface area contributed by atoms with Gasteiger partial charge in [-0.3, -0.25) is 4.79 Å². The summed E-state index contributed by atoms with van der Waals surface area (Å²) in [6.07, 6.45) is 2.49. The summed E-state index contributed by atoms with van der Waals surface area (Å²) in [5.74, 6) is 0.101. The van der Waals surface area contributed by atoms with Gasteiger partial charge >= 0.3 is 0 Å². The third kappa shape index (κ3) is 4.34. The number of nitrogens with one attached hydrogen (secondary N) is 2. The summed E-state index contributed by atoms with van der Waals surface area (Å²) in [5, 5.41) is 5.93. The summed E-state index contributed by atoms with van der Waals surface area (Å²) < 4.78 is 0. The highest BCUT2D eigenvalue weighted by molar-refractivity contribution is 5.75. The minimum Gasteiger partial charge on any atom is -0.385 e. The molecule has 16 heavy (non-hydrogen) atoms. The number of carbonyl (C=O) groups excluding carboxylic acids is 1. The van der Waals surface area contributed by atoms with Crippen molar-refractivity contribution in [3.63, 3.8) is 0 Å². The van der Waals surface area contributed by atoms with E-state index in [1.807, 2.05) is 0 Å². The first-order chi connectivity index (χ1) is 7.76. The Bertz CT molecular complexity index is 336. The van der Waals surface area contributed by atoms with Crippen molar-refractivity contribution in [1.29, 1.82) is 0 Å². The van der Waals surface area contributed by atoms with E-state index >= 15 is 0 Å². The molecule has 2 N–H and O–H groups in total. The van der Waals surface area contributed by atoms with Gasteiger partial charge in [0.15, 0.2) is 0 Å². The smallest absolute Gasteiger partial charge is 0.219 e. The van der Waals surface area contributed by atoms with E-state index in [9.17, 15) is 4.79 Å². The Morgan fingerprint density at radius 3 is 2.88 bits per heavy atom. The van der Waals surface area contributed by atoms with Crippen molar-refractivity contribution in [2.75, 3.05) is 18.9 Å². The quantitative estimate of drug-likeness (QED) is 0.721. The predicted octanol–water partition coefficient (Wildman–Crippen LogP) is 2.19. The van der Waals surface area contributed by atoms with Gasteiger partial charge in [0.2, 0.25) is 5.91 Å². The summed E-state index contributed by atoms with van der Waals surface area (Å²) in [6.45, 7) is 2.98. The fourth-order valence-corrected chi connectivity index (χ4v) is 1.51. The molecule has 0 fully saturated rings. The minimum absolute atomic E-state index is 0.101. The summed E-state index contributed by atoms with van der Waals surface area (Å²) in [7, 11) is 1.67. The Morgan fingerprint density at radius 2 is 2.19 bits per heavy atom. The van der Waals surface area contributed by atoms with Crippen molar-refractivity contribution in [1.82, 2.24) is 5.32 Å². The highest BCUT2D eigenvalue weighted by atomic mass is 16.1. The lowest BCUT2D eigenvalue weighted by atomic mass is 10.1. The van der Waals surface area contributed by atoms with E-state index in [2.05, 4.69) is 41.8 Å².